The van der Waals surface area contributed by atoms with Crippen LogP contribution in [0.1, 0.15) is 5.56 Å². The zero-order valence-corrected chi connectivity index (χ0v) is 10.4. The largest absolute Gasteiger partial charge is 0.416 e. The van der Waals surface area contributed by atoms with Gasteiger partial charge in [0.1, 0.15) is 5.69 Å². The lowest BCUT2D eigenvalue weighted by molar-refractivity contribution is -0.137. The molecule has 104 valence electrons. The number of anilines is 1. The Hall–Kier alpha value is -1.63. The summed E-state index contributed by atoms with van der Waals surface area (Å²) in [4.78, 5) is 14.5. The summed E-state index contributed by atoms with van der Waals surface area (Å²) in [6.07, 6.45) is -4.47. The predicted molar refractivity (Wildman–Crippen MR) is 66.6 cm³/mol. The fraction of sp³-hybridized carbons (Fsp3) is 0.500. The first kappa shape index (κ1) is 13.8. The number of piperazine rings is 1. The summed E-state index contributed by atoms with van der Waals surface area (Å²) in [5, 5.41) is 2.63. The van der Waals surface area contributed by atoms with Crippen LogP contribution in [0.3, 0.4) is 0 Å². The minimum Gasteiger partial charge on any atom is -0.369 e. The summed E-state index contributed by atoms with van der Waals surface area (Å²) in [5.41, 5.74) is -0.625. The molecule has 2 rings (SSSR count). The summed E-state index contributed by atoms with van der Waals surface area (Å²) in [6.45, 7) is 2.83. The van der Waals surface area contributed by atoms with E-state index in [2.05, 4.69) is 10.1 Å². The van der Waals surface area contributed by atoms with Gasteiger partial charge in [-0.25, -0.2) is 0 Å². The summed E-state index contributed by atoms with van der Waals surface area (Å²) >= 11 is 0. The van der Waals surface area contributed by atoms with Gasteiger partial charge in [0.25, 0.3) is 0 Å². The van der Waals surface area contributed by atoms with Gasteiger partial charge in [-0.15, -0.1) is 4.91 Å². The molecule has 0 bridgehead atoms. The number of alkyl halides is 3. The molecule has 1 aliphatic rings. The Labute approximate surface area is 108 Å². The lowest BCUT2D eigenvalue weighted by Crippen LogP contribution is -2.44. The van der Waals surface area contributed by atoms with Crippen LogP contribution >= 0.6 is 0 Å². The molecule has 1 saturated heterocycles. The smallest absolute Gasteiger partial charge is 0.369 e. The van der Waals surface area contributed by atoms with Crippen LogP contribution in [0.4, 0.5) is 24.5 Å². The molecule has 0 saturated carbocycles. The van der Waals surface area contributed by atoms with Crippen molar-refractivity contribution >= 4 is 11.4 Å². The molecule has 0 spiro atoms. The summed E-state index contributed by atoms with van der Waals surface area (Å²) in [7, 11) is 1.96. The van der Waals surface area contributed by atoms with E-state index in [1.165, 1.54) is 6.07 Å². The SMILES string of the molecule is CN1CCN(c2cc(N=O)cc(C(F)(F)F)c2)CC1. The van der Waals surface area contributed by atoms with E-state index in [9.17, 15) is 18.1 Å². The Morgan fingerprint density at radius 2 is 1.74 bits per heavy atom. The normalized spacial score (nSPS) is 17.6. The lowest BCUT2D eigenvalue weighted by atomic mass is 10.1. The maximum Gasteiger partial charge on any atom is 0.416 e. The Morgan fingerprint density at radius 3 is 2.26 bits per heavy atom. The molecule has 0 aromatic heterocycles. The maximum atomic E-state index is 12.7. The third-order valence-electron chi connectivity index (χ3n) is 3.20. The minimum absolute atomic E-state index is 0.191. The number of nitrogens with zero attached hydrogens (tertiary/aromatic N) is 3. The zero-order chi connectivity index (χ0) is 14.0. The minimum atomic E-state index is -4.47. The molecule has 0 atom stereocenters. The van der Waals surface area contributed by atoms with Gasteiger partial charge in [0.15, 0.2) is 0 Å². The molecule has 0 unspecified atom stereocenters. The van der Waals surface area contributed by atoms with E-state index < -0.39 is 11.7 Å². The molecule has 1 heterocycles. The van der Waals surface area contributed by atoms with Crippen molar-refractivity contribution in [2.24, 2.45) is 5.18 Å². The third kappa shape index (κ3) is 3.23. The number of likely N-dealkylation sites (N-methyl/N-ethyl adjacent to an activating group) is 1. The number of rotatable bonds is 2. The first-order valence-corrected chi connectivity index (χ1v) is 5.89. The average molecular weight is 273 g/mol. The van der Waals surface area contributed by atoms with Crippen molar-refractivity contribution in [2.75, 3.05) is 38.1 Å². The number of nitroso groups, excluding NO2 is 1. The highest BCUT2D eigenvalue weighted by Crippen LogP contribution is 2.35. The van der Waals surface area contributed by atoms with Crippen LogP contribution < -0.4 is 4.90 Å². The predicted octanol–water partition coefficient (Wildman–Crippen LogP) is 2.86. The van der Waals surface area contributed by atoms with E-state index in [0.29, 0.717) is 18.8 Å². The van der Waals surface area contributed by atoms with E-state index in [4.69, 9.17) is 0 Å². The van der Waals surface area contributed by atoms with E-state index in [1.54, 1.807) is 0 Å². The molecule has 7 heteroatoms. The second kappa shape index (κ2) is 5.16. The summed E-state index contributed by atoms with van der Waals surface area (Å²) in [6, 6.07) is 3.24. The van der Waals surface area contributed by atoms with Crippen LogP contribution in [-0.4, -0.2) is 38.1 Å². The van der Waals surface area contributed by atoms with Gasteiger partial charge in [-0.2, -0.15) is 13.2 Å². The second-order valence-electron chi connectivity index (χ2n) is 4.62. The van der Waals surface area contributed by atoms with Crippen LogP contribution in [0, 0.1) is 4.91 Å². The van der Waals surface area contributed by atoms with E-state index >= 15 is 0 Å². The van der Waals surface area contributed by atoms with Crippen LogP contribution in [0.25, 0.3) is 0 Å². The van der Waals surface area contributed by atoms with Crippen LogP contribution in [0.15, 0.2) is 23.4 Å². The van der Waals surface area contributed by atoms with Gasteiger partial charge in [0.05, 0.1) is 5.56 Å². The molecule has 4 nitrogen and oxygen atoms in total. The molecule has 0 N–H and O–H groups in total. The van der Waals surface area contributed by atoms with Crippen molar-refractivity contribution in [3.63, 3.8) is 0 Å². The molecule has 0 amide bonds. The highest BCUT2D eigenvalue weighted by atomic mass is 19.4. The summed E-state index contributed by atoms with van der Waals surface area (Å²) in [5.74, 6) is 0. The molecular formula is C12H14F3N3O. The average Bonchev–Trinajstić information content (AvgIpc) is 2.38. The van der Waals surface area contributed by atoms with Crippen molar-refractivity contribution in [3.8, 4) is 0 Å². The molecule has 0 aliphatic carbocycles. The number of benzene rings is 1. The quantitative estimate of drug-likeness (QED) is 0.777. The fourth-order valence-corrected chi connectivity index (χ4v) is 2.06. The highest BCUT2D eigenvalue weighted by molar-refractivity contribution is 5.59. The first-order valence-electron chi connectivity index (χ1n) is 5.89. The third-order valence-corrected chi connectivity index (χ3v) is 3.20. The number of halogens is 3. The van der Waals surface area contributed by atoms with Crippen molar-refractivity contribution in [2.45, 2.75) is 6.18 Å². The maximum absolute atomic E-state index is 12.7. The molecular weight excluding hydrogens is 259 g/mol. The van der Waals surface area contributed by atoms with Crippen LogP contribution in [-0.2, 0) is 6.18 Å². The van der Waals surface area contributed by atoms with Crippen molar-refractivity contribution in [1.82, 2.24) is 4.90 Å². The number of hydrogen-bond acceptors (Lipinski definition) is 4. The lowest BCUT2D eigenvalue weighted by Gasteiger charge is -2.34. The first-order chi connectivity index (χ1) is 8.90. The van der Waals surface area contributed by atoms with Gasteiger partial charge in [-0.1, -0.05) is 0 Å². The van der Waals surface area contributed by atoms with E-state index in [1.807, 2.05) is 11.9 Å². The van der Waals surface area contributed by atoms with Gasteiger partial charge in [0.2, 0.25) is 0 Å². The molecule has 1 aromatic carbocycles. The van der Waals surface area contributed by atoms with Gasteiger partial charge in [-0.05, 0) is 30.4 Å². The van der Waals surface area contributed by atoms with Crippen LogP contribution in [0.5, 0.6) is 0 Å². The van der Waals surface area contributed by atoms with Gasteiger partial charge >= 0.3 is 6.18 Å². The Balaban J connectivity index is 2.32. The van der Waals surface area contributed by atoms with Crippen LogP contribution in [0.2, 0.25) is 0 Å². The Kier molecular flexibility index (Phi) is 3.75. The second-order valence-corrected chi connectivity index (χ2v) is 4.62. The van der Waals surface area contributed by atoms with Crippen molar-refractivity contribution < 1.29 is 13.2 Å². The Morgan fingerprint density at radius 1 is 1.11 bits per heavy atom. The van der Waals surface area contributed by atoms with E-state index in [0.717, 1.165) is 25.2 Å². The standard InChI is InChI=1S/C12H14F3N3O/c1-17-2-4-18(5-3-17)11-7-9(12(13,14)15)6-10(8-11)16-19/h6-8H,2-5H2,1H3. The molecule has 1 aromatic rings. The van der Waals surface area contributed by atoms with Crippen molar-refractivity contribution in [1.29, 1.82) is 0 Å². The van der Waals surface area contributed by atoms with Gasteiger partial charge in [0, 0.05) is 31.9 Å². The van der Waals surface area contributed by atoms with Gasteiger partial charge in [-0.3, -0.25) is 0 Å². The molecule has 1 fully saturated rings. The molecule has 0 radical (unpaired) electrons. The highest BCUT2D eigenvalue weighted by Gasteiger charge is 2.32. The molecule has 1 aliphatic heterocycles. The van der Waals surface area contributed by atoms with Gasteiger partial charge < -0.3 is 9.80 Å². The monoisotopic (exact) mass is 273 g/mol. The van der Waals surface area contributed by atoms with E-state index in [-0.39, 0.29) is 5.69 Å². The summed E-state index contributed by atoms with van der Waals surface area (Å²) < 4.78 is 38.2. The zero-order valence-electron chi connectivity index (χ0n) is 10.4. The molecule has 19 heavy (non-hydrogen) atoms. The van der Waals surface area contributed by atoms with Crippen molar-refractivity contribution in [3.05, 3.63) is 28.7 Å². The number of hydrogen-bond donors (Lipinski definition) is 0. The topological polar surface area (TPSA) is 35.9 Å². The Bertz CT molecular complexity index is 468. The fourth-order valence-electron chi connectivity index (χ4n) is 2.06.